The van der Waals surface area contributed by atoms with Crippen LogP contribution in [-0.4, -0.2) is 54.8 Å². The highest BCUT2D eigenvalue weighted by atomic mass is 32.2. The SMILES string of the molecule is CS(=O)(=O)Nc1ccc(-n2nc(C(F)(F)F)cc2-c2ccc(-c3ccc(C(N)=O)cc3)cc2)cc1.CS(=O)(=O)Nc1ccc(-n2nc(C(F)(F)F)cc2-c2cccc3ccccc23)cc1. The van der Waals surface area contributed by atoms with Crippen molar-refractivity contribution < 1.29 is 48.0 Å². The number of fused-ring (bicyclic) bond motifs is 1. The number of benzene rings is 6. The van der Waals surface area contributed by atoms with Crippen molar-refractivity contribution in [3.05, 3.63) is 169 Å². The number of carbonyl (C=O) groups excluding carboxylic acids is 1. The third-order valence-corrected chi connectivity index (χ3v) is 10.8. The molecular weight excluding hydrogens is 897 g/mol. The molecule has 1 amide bonds. The zero-order valence-electron chi connectivity index (χ0n) is 33.9. The Kier molecular flexibility index (Phi) is 12.3. The molecule has 12 nitrogen and oxygen atoms in total. The zero-order chi connectivity index (χ0) is 46.9. The quantitative estimate of drug-likeness (QED) is 0.115. The first-order chi connectivity index (χ1) is 30.5. The molecule has 0 aliphatic heterocycles. The van der Waals surface area contributed by atoms with Gasteiger partial charge in [-0.2, -0.15) is 36.5 Å². The summed E-state index contributed by atoms with van der Waals surface area (Å²) in [5.41, 5.74) is 8.00. The van der Waals surface area contributed by atoms with Crippen LogP contribution in [0.5, 0.6) is 0 Å². The maximum Gasteiger partial charge on any atom is 0.435 e. The number of hydrogen-bond acceptors (Lipinski definition) is 7. The Bertz CT molecular complexity index is 3240. The lowest BCUT2D eigenvalue weighted by molar-refractivity contribution is -0.142. The summed E-state index contributed by atoms with van der Waals surface area (Å²) in [7, 11) is -6.97. The van der Waals surface area contributed by atoms with E-state index in [1.807, 2.05) is 30.3 Å². The molecule has 0 aliphatic carbocycles. The Labute approximate surface area is 368 Å². The third-order valence-electron chi connectivity index (χ3n) is 9.58. The maximum absolute atomic E-state index is 13.5. The molecule has 0 aliphatic rings. The van der Waals surface area contributed by atoms with Gasteiger partial charge >= 0.3 is 12.4 Å². The third kappa shape index (κ3) is 11.0. The van der Waals surface area contributed by atoms with Crippen LogP contribution in [0.1, 0.15) is 21.7 Å². The molecule has 0 saturated carbocycles. The number of anilines is 2. The first kappa shape index (κ1) is 45.6. The lowest BCUT2D eigenvalue weighted by Crippen LogP contribution is -2.10. The van der Waals surface area contributed by atoms with Gasteiger partial charge in [0.15, 0.2) is 11.4 Å². The molecule has 2 heterocycles. The average Bonchev–Trinajstić information content (AvgIpc) is 3.91. The molecule has 20 heteroatoms. The molecule has 0 saturated heterocycles. The van der Waals surface area contributed by atoms with Crippen molar-refractivity contribution in [1.29, 1.82) is 0 Å². The van der Waals surface area contributed by atoms with Crippen molar-refractivity contribution in [2.24, 2.45) is 5.73 Å². The molecule has 8 rings (SSSR count). The van der Waals surface area contributed by atoms with E-state index in [1.54, 1.807) is 60.7 Å². The van der Waals surface area contributed by atoms with Gasteiger partial charge in [-0.15, -0.1) is 0 Å². The number of sulfonamides is 2. The molecular formula is C45H35F6N7O5S2. The van der Waals surface area contributed by atoms with E-state index in [0.29, 0.717) is 33.8 Å². The van der Waals surface area contributed by atoms with Gasteiger partial charge in [0, 0.05) is 28.1 Å². The normalized spacial score (nSPS) is 12.1. The smallest absolute Gasteiger partial charge is 0.366 e. The summed E-state index contributed by atoms with van der Waals surface area (Å²) >= 11 is 0. The van der Waals surface area contributed by atoms with Gasteiger partial charge in [-0.05, 0) is 94.7 Å². The second kappa shape index (κ2) is 17.6. The van der Waals surface area contributed by atoms with Crippen molar-refractivity contribution in [3.8, 4) is 45.0 Å². The molecule has 65 heavy (non-hydrogen) atoms. The molecule has 6 aromatic carbocycles. The van der Waals surface area contributed by atoms with Crippen molar-refractivity contribution in [3.63, 3.8) is 0 Å². The molecule has 0 fully saturated rings. The number of amides is 1. The average molecular weight is 932 g/mol. The molecule has 2 aromatic heterocycles. The van der Waals surface area contributed by atoms with Crippen LogP contribution in [-0.2, 0) is 32.4 Å². The number of aromatic nitrogens is 4. The van der Waals surface area contributed by atoms with E-state index in [9.17, 15) is 48.0 Å². The van der Waals surface area contributed by atoms with E-state index in [0.717, 1.165) is 51.2 Å². The first-order valence-electron chi connectivity index (χ1n) is 19.0. The molecule has 0 spiro atoms. The van der Waals surface area contributed by atoms with Crippen LogP contribution in [0.2, 0.25) is 0 Å². The number of hydrogen-bond donors (Lipinski definition) is 3. The number of alkyl halides is 6. The summed E-state index contributed by atoms with van der Waals surface area (Å²) in [5, 5.41) is 9.23. The highest BCUT2D eigenvalue weighted by Crippen LogP contribution is 2.37. The predicted octanol–water partition coefficient (Wildman–Crippen LogP) is 9.78. The van der Waals surface area contributed by atoms with Crippen LogP contribution < -0.4 is 15.2 Å². The van der Waals surface area contributed by atoms with Gasteiger partial charge in [0.05, 0.1) is 35.3 Å². The maximum atomic E-state index is 13.5. The molecule has 0 radical (unpaired) electrons. The summed E-state index contributed by atoms with van der Waals surface area (Å²) in [6, 6.07) is 40.1. The van der Waals surface area contributed by atoms with Crippen LogP contribution in [0.15, 0.2) is 152 Å². The Balaban J connectivity index is 0.000000196. The van der Waals surface area contributed by atoms with E-state index in [2.05, 4.69) is 19.6 Å². The predicted molar refractivity (Wildman–Crippen MR) is 236 cm³/mol. The Morgan fingerprint density at radius 3 is 1.42 bits per heavy atom. The summed E-state index contributed by atoms with van der Waals surface area (Å²) in [5.74, 6) is -0.541. The van der Waals surface area contributed by atoms with Crippen LogP contribution in [0, 0.1) is 0 Å². The fourth-order valence-corrected chi connectivity index (χ4v) is 7.84. The van der Waals surface area contributed by atoms with E-state index in [-0.39, 0.29) is 17.1 Å². The van der Waals surface area contributed by atoms with Gasteiger partial charge in [0.25, 0.3) is 0 Å². The van der Waals surface area contributed by atoms with E-state index < -0.39 is 49.7 Å². The molecule has 334 valence electrons. The van der Waals surface area contributed by atoms with Crippen molar-refractivity contribution in [2.45, 2.75) is 12.4 Å². The van der Waals surface area contributed by atoms with E-state index in [1.165, 1.54) is 53.2 Å². The van der Waals surface area contributed by atoms with Gasteiger partial charge < -0.3 is 5.73 Å². The number of halogens is 6. The number of nitrogens with zero attached hydrogens (tertiary/aromatic N) is 4. The lowest BCUT2D eigenvalue weighted by Gasteiger charge is -2.11. The van der Waals surface area contributed by atoms with Crippen LogP contribution in [0.4, 0.5) is 37.7 Å². The molecule has 4 N–H and O–H groups in total. The van der Waals surface area contributed by atoms with Gasteiger partial charge in [-0.1, -0.05) is 78.9 Å². The monoisotopic (exact) mass is 931 g/mol. The summed E-state index contributed by atoms with van der Waals surface area (Å²) in [4.78, 5) is 11.3. The lowest BCUT2D eigenvalue weighted by atomic mass is 10.0. The van der Waals surface area contributed by atoms with E-state index >= 15 is 0 Å². The molecule has 0 unspecified atom stereocenters. The number of carbonyl (C=O) groups is 1. The van der Waals surface area contributed by atoms with Gasteiger partial charge in [0.2, 0.25) is 26.0 Å². The highest BCUT2D eigenvalue weighted by molar-refractivity contribution is 7.92. The summed E-state index contributed by atoms with van der Waals surface area (Å²) < 4.78 is 133. The largest absolute Gasteiger partial charge is 0.435 e. The minimum Gasteiger partial charge on any atom is -0.366 e. The number of nitrogens with one attached hydrogen (secondary N) is 2. The number of rotatable bonds is 10. The molecule has 0 bridgehead atoms. The van der Waals surface area contributed by atoms with Crippen molar-refractivity contribution in [2.75, 3.05) is 22.0 Å². The number of primary amides is 1. The fraction of sp³-hybridized carbons (Fsp3) is 0.0889. The minimum atomic E-state index is -4.65. The molecule has 0 atom stereocenters. The minimum absolute atomic E-state index is 0.205. The van der Waals surface area contributed by atoms with Gasteiger partial charge in [-0.25, -0.2) is 26.2 Å². The number of nitrogens with two attached hydrogens (primary N) is 1. The van der Waals surface area contributed by atoms with E-state index in [4.69, 9.17) is 5.73 Å². The first-order valence-corrected chi connectivity index (χ1v) is 22.8. The highest BCUT2D eigenvalue weighted by Gasteiger charge is 2.36. The topological polar surface area (TPSA) is 171 Å². The standard InChI is InChI=1S/C24H19F3N4O3S.C21H16F3N3O2S/c1-35(33,34)30-19-10-12-20(13-11-19)31-21(14-22(29-31)24(25,26)27)17-6-2-15(3-7-17)16-4-8-18(9-5-16)23(28)32;1-30(28,29)26-15-9-11-16(12-10-15)27-19(13-20(25-27)21(22,23)24)18-8-4-6-14-5-2-3-7-17(14)18/h2-14,30H,1H3,(H2,28,32);2-13,26H,1H3. The van der Waals surface area contributed by atoms with Gasteiger partial charge in [0.1, 0.15) is 0 Å². The van der Waals surface area contributed by atoms with Crippen molar-refractivity contribution >= 4 is 48.1 Å². The summed E-state index contributed by atoms with van der Waals surface area (Å²) in [6.07, 6.45) is -7.25. The Morgan fingerprint density at radius 2 is 0.954 bits per heavy atom. The van der Waals surface area contributed by atoms with Gasteiger partial charge in [-0.3, -0.25) is 14.2 Å². The second-order valence-electron chi connectivity index (χ2n) is 14.5. The zero-order valence-corrected chi connectivity index (χ0v) is 35.6. The second-order valence-corrected chi connectivity index (χ2v) is 18.0. The van der Waals surface area contributed by atoms with Crippen LogP contribution >= 0.6 is 0 Å². The molecule has 8 aromatic rings. The Hall–Kier alpha value is -7.45. The Morgan fingerprint density at radius 1 is 0.538 bits per heavy atom. The summed E-state index contributed by atoms with van der Waals surface area (Å²) in [6.45, 7) is 0. The van der Waals surface area contributed by atoms with Crippen molar-refractivity contribution in [1.82, 2.24) is 19.6 Å². The van der Waals surface area contributed by atoms with Crippen LogP contribution in [0.3, 0.4) is 0 Å². The fourth-order valence-electron chi connectivity index (χ4n) is 6.71. The van der Waals surface area contributed by atoms with Crippen LogP contribution in [0.25, 0.3) is 55.8 Å².